The lowest BCUT2D eigenvalue weighted by Crippen LogP contribution is -2.21. The van der Waals surface area contributed by atoms with E-state index in [1.807, 2.05) is 35.0 Å². The minimum Gasteiger partial charge on any atom is -0.496 e. The molecule has 1 amide bonds. The molecule has 1 aromatic heterocycles. The second-order valence-corrected chi connectivity index (χ2v) is 6.76. The first-order valence-electron chi connectivity index (χ1n) is 9.80. The number of carbonyl (C=O) groups is 1. The van der Waals surface area contributed by atoms with E-state index >= 15 is 0 Å². The van der Waals surface area contributed by atoms with Crippen LogP contribution in [-0.2, 0) is 17.9 Å². The third-order valence-electron chi connectivity index (χ3n) is 4.95. The molecular weight excluding hydrogens is 394 g/mol. The van der Waals surface area contributed by atoms with E-state index in [0.29, 0.717) is 30.2 Å². The lowest BCUT2D eigenvalue weighted by molar-refractivity contribution is -0.116. The van der Waals surface area contributed by atoms with Crippen LogP contribution in [0.1, 0.15) is 17.5 Å². The molecule has 7 heteroatoms. The molecule has 0 atom stereocenters. The van der Waals surface area contributed by atoms with E-state index in [1.54, 1.807) is 39.5 Å². The van der Waals surface area contributed by atoms with E-state index in [0.717, 1.165) is 22.0 Å². The van der Waals surface area contributed by atoms with Crippen LogP contribution in [0.3, 0.4) is 0 Å². The number of fused-ring (bicyclic) bond motifs is 1. The van der Waals surface area contributed by atoms with E-state index in [4.69, 9.17) is 19.5 Å². The quantitative estimate of drug-likeness (QED) is 0.532. The Morgan fingerprint density at radius 3 is 2.48 bits per heavy atom. The van der Waals surface area contributed by atoms with Gasteiger partial charge in [-0.1, -0.05) is 18.2 Å². The van der Waals surface area contributed by atoms with E-state index in [1.165, 1.54) is 6.08 Å². The summed E-state index contributed by atoms with van der Waals surface area (Å²) in [6, 6.07) is 13.6. The van der Waals surface area contributed by atoms with Crippen LogP contribution in [0.25, 0.3) is 17.0 Å². The molecule has 1 heterocycles. The summed E-state index contributed by atoms with van der Waals surface area (Å²) in [5.74, 6) is 1.51. The van der Waals surface area contributed by atoms with Gasteiger partial charge in [-0.25, -0.2) is 0 Å². The summed E-state index contributed by atoms with van der Waals surface area (Å²) in [5, 5.41) is 12.8. The molecule has 0 fully saturated rings. The molecule has 0 saturated carbocycles. The third-order valence-corrected chi connectivity index (χ3v) is 4.95. The number of aromatic nitrogens is 1. The molecule has 0 unspecified atom stereocenters. The van der Waals surface area contributed by atoms with Gasteiger partial charge >= 0.3 is 0 Å². The van der Waals surface area contributed by atoms with Gasteiger partial charge < -0.3 is 24.1 Å². The molecule has 3 rings (SSSR count). The molecule has 0 aliphatic carbocycles. The van der Waals surface area contributed by atoms with Crippen molar-refractivity contribution in [2.24, 2.45) is 0 Å². The number of nitriles is 1. The zero-order valence-corrected chi connectivity index (χ0v) is 17.8. The van der Waals surface area contributed by atoms with Crippen molar-refractivity contribution in [3.63, 3.8) is 0 Å². The minimum absolute atomic E-state index is 0.240. The fourth-order valence-electron chi connectivity index (χ4n) is 3.42. The van der Waals surface area contributed by atoms with Crippen LogP contribution < -0.4 is 19.5 Å². The van der Waals surface area contributed by atoms with Crippen LogP contribution in [0.15, 0.2) is 48.7 Å². The van der Waals surface area contributed by atoms with Gasteiger partial charge in [0, 0.05) is 47.4 Å². The number of nitrogens with zero attached hydrogens (tertiary/aromatic N) is 2. The van der Waals surface area contributed by atoms with Crippen molar-refractivity contribution in [2.45, 2.75) is 19.5 Å². The largest absolute Gasteiger partial charge is 0.496 e. The van der Waals surface area contributed by atoms with Crippen LogP contribution in [0, 0.1) is 11.3 Å². The van der Waals surface area contributed by atoms with Crippen molar-refractivity contribution in [3.05, 3.63) is 59.8 Å². The molecule has 31 heavy (non-hydrogen) atoms. The average Bonchev–Trinajstić information content (AvgIpc) is 3.17. The number of methoxy groups -OCH3 is 3. The number of hydrogen-bond donors (Lipinski definition) is 1. The predicted molar refractivity (Wildman–Crippen MR) is 119 cm³/mol. The second-order valence-electron chi connectivity index (χ2n) is 6.76. The first-order chi connectivity index (χ1) is 15.1. The Balaban J connectivity index is 1.76. The Labute approximate surface area is 181 Å². The lowest BCUT2D eigenvalue weighted by atomic mass is 10.1. The van der Waals surface area contributed by atoms with Gasteiger partial charge in [0.15, 0.2) is 0 Å². The number of benzene rings is 2. The van der Waals surface area contributed by atoms with Crippen molar-refractivity contribution < 1.29 is 19.0 Å². The average molecular weight is 419 g/mol. The van der Waals surface area contributed by atoms with E-state index < -0.39 is 0 Å². The molecule has 7 nitrogen and oxygen atoms in total. The number of nitrogens with one attached hydrogen (secondary N) is 1. The Kier molecular flexibility index (Phi) is 7.17. The van der Waals surface area contributed by atoms with Gasteiger partial charge in [-0.3, -0.25) is 4.79 Å². The Morgan fingerprint density at radius 2 is 1.84 bits per heavy atom. The summed E-state index contributed by atoms with van der Waals surface area (Å²) < 4.78 is 18.1. The number of amides is 1. The molecule has 3 aromatic rings. The zero-order chi connectivity index (χ0) is 22.2. The maximum atomic E-state index is 12.5. The van der Waals surface area contributed by atoms with Crippen LogP contribution in [-0.4, -0.2) is 31.8 Å². The Hall–Kier alpha value is -3.92. The summed E-state index contributed by atoms with van der Waals surface area (Å²) in [5.41, 5.74) is 2.68. The van der Waals surface area contributed by atoms with Crippen molar-refractivity contribution in [1.82, 2.24) is 9.88 Å². The van der Waals surface area contributed by atoms with Gasteiger partial charge in [-0.05, 0) is 12.1 Å². The van der Waals surface area contributed by atoms with Crippen molar-refractivity contribution in [1.29, 1.82) is 5.26 Å². The van der Waals surface area contributed by atoms with Crippen molar-refractivity contribution in [2.75, 3.05) is 21.3 Å². The molecule has 0 bridgehead atoms. The molecular formula is C24H25N3O4. The van der Waals surface area contributed by atoms with E-state index in [9.17, 15) is 4.79 Å². The first kappa shape index (κ1) is 21.8. The standard InChI is InChI=1S/C24H25N3O4/c1-29-18-13-22(30-2)20(23(14-18)31-3)15-26-24(28)10-9-17-16-27(12-6-11-25)21-8-5-4-7-19(17)21/h4-5,7-10,13-14,16H,6,12,15H2,1-3H3,(H,26,28)/b10-9+. The van der Waals surface area contributed by atoms with Crippen LogP contribution in [0.2, 0.25) is 0 Å². The lowest BCUT2D eigenvalue weighted by Gasteiger charge is -2.15. The van der Waals surface area contributed by atoms with Gasteiger partial charge in [0.2, 0.25) is 5.91 Å². The molecule has 160 valence electrons. The molecule has 0 spiro atoms. The number of carbonyl (C=O) groups excluding carboxylic acids is 1. The smallest absolute Gasteiger partial charge is 0.244 e. The highest BCUT2D eigenvalue weighted by atomic mass is 16.5. The van der Waals surface area contributed by atoms with Gasteiger partial charge in [0.05, 0.1) is 45.9 Å². The zero-order valence-electron chi connectivity index (χ0n) is 17.8. The number of ether oxygens (including phenoxy) is 3. The number of hydrogen-bond acceptors (Lipinski definition) is 5. The molecule has 0 radical (unpaired) electrons. The van der Waals surface area contributed by atoms with Crippen molar-refractivity contribution in [3.8, 4) is 23.3 Å². The third kappa shape index (κ3) is 4.98. The van der Waals surface area contributed by atoms with Crippen molar-refractivity contribution >= 4 is 22.9 Å². The summed E-state index contributed by atoms with van der Waals surface area (Å²) in [4.78, 5) is 12.5. The topological polar surface area (TPSA) is 85.5 Å². The first-order valence-corrected chi connectivity index (χ1v) is 9.80. The van der Waals surface area contributed by atoms with Crippen LogP contribution >= 0.6 is 0 Å². The highest BCUT2D eigenvalue weighted by Crippen LogP contribution is 2.33. The Morgan fingerprint density at radius 1 is 1.13 bits per heavy atom. The molecule has 1 N–H and O–H groups in total. The second kappa shape index (κ2) is 10.2. The minimum atomic E-state index is -0.242. The van der Waals surface area contributed by atoms with Gasteiger partial charge in [-0.2, -0.15) is 5.26 Å². The fourth-order valence-corrected chi connectivity index (χ4v) is 3.42. The SMILES string of the molecule is COc1cc(OC)c(CNC(=O)/C=C/c2cn(CCC#N)c3ccccc23)c(OC)c1. The van der Waals surface area contributed by atoms with Gasteiger partial charge in [0.1, 0.15) is 17.2 Å². The summed E-state index contributed by atoms with van der Waals surface area (Å²) in [7, 11) is 4.68. The van der Waals surface area contributed by atoms with Crippen LogP contribution in [0.5, 0.6) is 17.2 Å². The number of aryl methyl sites for hydroxylation is 1. The summed E-state index contributed by atoms with van der Waals surface area (Å²) >= 11 is 0. The Bertz CT molecular complexity index is 1120. The van der Waals surface area contributed by atoms with E-state index in [-0.39, 0.29) is 12.5 Å². The predicted octanol–water partition coefficient (Wildman–Crippen LogP) is 3.91. The maximum Gasteiger partial charge on any atom is 0.244 e. The summed E-state index contributed by atoms with van der Waals surface area (Å²) in [6.07, 6.45) is 5.66. The van der Waals surface area contributed by atoms with E-state index in [2.05, 4.69) is 11.4 Å². The van der Waals surface area contributed by atoms with Crippen LogP contribution in [0.4, 0.5) is 0 Å². The molecule has 0 saturated heterocycles. The molecule has 0 aliphatic rings. The fraction of sp³-hybridized carbons (Fsp3) is 0.250. The monoisotopic (exact) mass is 419 g/mol. The highest BCUT2D eigenvalue weighted by molar-refractivity contribution is 5.96. The molecule has 2 aromatic carbocycles. The number of para-hydroxylation sites is 1. The van der Waals surface area contributed by atoms with Gasteiger partial charge in [0.25, 0.3) is 0 Å². The highest BCUT2D eigenvalue weighted by Gasteiger charge is 2.14. The molecule has 0 aliphatic heterocycles. The maximum absolute atomic E-state index is 12.5. The summed E-state index contributed by atoms with van der Waals surface area (Å²) in [6.45, 7) is 0.845. The normalized spacial score (nSPS) is 10.8. The number of rotatable bonds is 9. The van der Waals surface area contributed by atoms with Gasteiger partial charge in [-0.15, -0.1) is 0 Å².